The normalized spacial score (nSPS) is 10.9. The molecule has 0 unspecified atom stereocenters. The van der Waals surface area contributed by atoms with Crippen molar-refractivity contribution in [3.05, 3.63) is 23.3 Å². The Bertz CT molecular complexity index is 562. The first-order chi connectivity index (χ1) is 8.06. The van der Waals surface area contributed by atoms with Gasteiger partial charge in [0.2, 0.25) is 0 Å². The molecule has 0 aliphatic carbocycles. The molecule has 0 bridgehead atoms. The third-order valence-electron chi connectivity index (χ3n) is 2.45. The molecule has 0 saturated carbocycles. The minimum absolute atomic E-state index is 0.140. The van der Waals surface area contributed by atoms with Crippen molar-refractivity contribution in [3.8, 4) is 0 Å². The van der Waals surface area contributed by atoms with Gasteiger partial charge in [0.15, 0.2) is 5.82 Å². The summed E-state index contributed by atoms with van der Waals surface area (Å²) in [4.78, 5) is 19.0. The van der Waals surface area contributed by atoms with Crippen molar-refractivity contribution in [2.45, 2.75) is 33.1 Å². The highest BCUT2D eigenvalue weighted by Crippen LogP contribution is 2.07. The summed E-state index contributed by atoms with van der Waals surface area (Å²) in [5.41, 5.74) is 1.88. The van der Waals surface area contributed by atoms with Crippen LogP contribution >= 0.6 is 0 Å². The smallest absolute Gasteiger partial charge is 0.303 e. The van der Waals surface area contributed by atoms with Gasteiger partial charge in [-0.05, 0) is 26.3 Å². The van der Waals surface area contributed by atoms with Gasteiger partial charge < -0.3 is 5.11 Å². The zero-order chi connectivity index (χ0) is 12.4. The van der Waals surface area contributed by atoms with Gasteiger partial charge in [-0.1, -0.05) is 0 Å². The van der Waals surface area contributed by atoms with E-state index in [-0.39, 0.29) is 6.42 Å². The molecule has 0 amide bonds. The van der Waals surface area contributed by atoms with Gasteiger partial charge in [0.1, 0.15) is 0 Å². The van der Waals surface area contributed by atoms with E-state index in [0.29, 0.717) is 24.4 Å². The molecule has 2 heterocycles. The Morgan fingerprint density at radius 2 is 2.18 bits per heavy atom. The fourth-order valence-corrected chi connectivity index (χ4v) is 1.71. The number of hydrogen-bond donors (Lipinski definition) is 1. The first kappa shape index (κ1) is 11.5. The zero-order valence-electron chi connectivity index (χ0n) is 9.84. The van der Waals surface area contributed by atoms with E-state index in [1.165, 1.54) is 0 Å². The number of carboxylic acid groups (broad SMARTS) is 1. The van der Waals surface area contributed by atoms with Gasteiger partial charge in [-0.3, -0.25) is 4.79 Å². The molecule has 1 N–H and O–H groups in total. The summed E-state index contributed by atoms with van der Waals surface area (Å²) < 4.78 is 1.68. The molecule has 0 fully saturated rings. The SMILES string of the molecule is Cc1cc(C)n2nc(CCCC(=O)O)nc2n1. The summed E-state index contributed by atoms with van der Waals surface area (Å²) in [5.74, 6) is 0.430. The fourth-order valence-electron chi connectivity index (χ4n) is 1.71. The van der Waals surface area contributed by atoms with Crippen molar-refractivity contribution in [1.82, 2.24) is 19.6 Å². The van der Waals surface area contributed by atoms with Gasteiger partial charge in [-0.2, -0.15) is 4.98 Å². The maximum Gasteiger partial charge on any atom is 0.303 e. The van der Waals surface area contributed by atoms with Gasteiger partial charge in [0, 0.05) is 24.2 Å². The number of aliphatic carboxylic acids is 1. The lowest BCUT2D eigenvalue weighted by molar-refractivity contribution is -0.137. The molecule has 6 heteroatoms. The van der Waals surface area contributed by atoms with Crippen LogP contribution in [0.1, 0.15) is 30.1 Å². The van der Waals surface area contributed by atoms with Crippen LogP contribution in [-0.4, -0.2) is 30.7 Å². The minimum Gasteiger partial charge on any atom is -0.481 e. The Hall–Kier alpha value is -1.98. The predicted molar refractivity (Wildman–Crippen MR) is 60.8 cm³/mol. The first-order valence-electron chi connectivity index (χ1n) is 5.48. The molecule has 90 valence electrons. The monoisotopic (exact) mass is 234 g/mol. The van der Waals surface area contributed by atoms with E-state index in [9.17, 15) is 4.79 Å². The number of nitrogens with zero attached hydrogens (tertiary/aromatic N) is 4. The highest BCUT2D eigenvalue weighted by Gasteiger charge is 2.08. The Morgan fingerprint density at radius 1 is 1.41 bits per heavy atom. The van der Waals surface area contributed by atoms with Crippen molar-refractivity contribution in [2.24, 2.45) is 0 Å². The quantitative estimate of drug-likeness (QED) is 0.858. The molecule has 0 aliphatic heterocycles. The second-order valence-electron chi connectivity index (χ2n) is 4.03. The lowest BCUT2D eigenvalue weighted by Crippen LogP contribution is -1.98. The Labute approximate surface area is 98.3 Å². The number of aromatic nitrogens is 4. The van der Waals surface area contributed by atoms with Gasteiger partial charge >= 0.3 is 5.97 Å². The molecule has 0 spiro atoms. The molecule has 0 aliphatic rings. The third-order valence-corrected chi connectivity index (χ3v) is 2.45. The van der Waals surface area contributed by atoms with Crippen LogP contribution in [0.25, 0.3) is 5.78 Å². The predicted octanol–water partition coefficient (Wildman–Crippen LogP) is 1.15. The number of rotatable bonds is 4. The lowest BCUT2D eigenvalue weighted by atomic mass is 10.2. The number of aryl methyl sites for hydroxylation is 3. The first-order valence-corrected chi connectivity index (χ1v) is 5.48. The van der Waals surface area contributed by atoms with E-state index >= 15 is 0 Å². The Balaban J connectivity index is 2.20. The Kier molecular flexibility index (Phi) is 3.03. The molecular formula is C11H14N4O2. The summed E-state index contributed by atoms with van der Waals surface area (Å²) in [6.45, 7) is 3.85. The van der Waals surface area contributed by atoms with Crippen LogP contribution < -0.4 is 0 Å². The standard InChI is InChI=1S/C11H14N4O2/c1-7-6-8(2)15-11(12-7)13-9(14-15)4-3-5-10(16)17/h6H,3-5H2,1-2H3,(H,16,17). The van der Waals surface area contributed by atoms with Crippen molar-refractivity contribution < 1.29 is 9.90 Å². The highest BCUT2D eigenvalue weighted by molar-refractivity contribution is 5.66. The molecular weight excluding hydrogens is 220 g/mol. The fraction of sp³-hybridized carbons (Fsp3) is 0.455. The molecule has 0 atom stereocenters. The molecule has 2 aromatic heterocycles. The van der Waals surface area contributed by atoms with Crippen LogP contribution in [0, 0.1) is 13.8 Å². The lowest BCUT2D eigenvalue weighted by Gasteiger charge is -1.97. The topological polar surface area (TPSA) is 80.4 Å². The van der Waals surface area contributed by atoms with Gasteiger partial charge in [0.25, 0.3) is 5.78 Å². The number of carbonyl (C=O) groups is 1. The molecule has 2 rings (SSSR count). The van der Waals surface area contributed by atoms with Crippen molar-refractivity contribution in [1.29, 1.82) is 0 Å². The van der Waals surface area contributed by atoms with Crippen molar-refractivity contribution >= 4 is 11.7 Å². The molecule has 0 saturated heterocycles. The van der Waals surface area contributed by atoms with Gasteiger partial charge in [0.05, 0.1) is 0 Å². The van der Waals surface area contributed by atoms with Crippen LogP contribution in [0.4, 0.5) is 0 Å². The maximum atomic E-state index is 10.4. The molecule has 17 heavy (non-hydrogen) atoms. The summed E-state index contributed by atoms with van der Waals surface area (Å²) >= 11 is 0. The van der Waals surface area contributed by atoms with Crippen molar-refractivity contribution in [3.63, 3.8) is 0 Å². The largest absolute Gasteiger partial charge is 0.481 e. The van der Waals surface area contributed by atoms with E-state index in [4.69, 9.17) is 5.11 Å². The second-order valence-corrected chi connectivity index (χ2v) is 4.03. The van der Waals surface area contributed by atoms with Gasteiger partial charge in [-0.25, -0.2) is 9.50 Å². The molecule has 0 aromatic carbocycles. The van der Waals surface area contributed by atoms with Crippen LogP contribution in [0.15, 0.2) is 6.07 Å². The van der Waals surface area contributed by atoms with Crippen LogP contribution in [0.2, 0.25) is 0 Å². The summed E-state index contributed by atoms with van der Waals surface area (Å²) in [6.07, 6.45) is 1.25. The van der Waals surface area contributed by atoms with Crippen LogP contribution in [0.5, 0.6) is 0 Å². The molecule has 0 radical (unpaired) electrons. The summed E-state index contributed by atoms with van der Waals surface area (Å²) in [7, 11) is 0. The average molecular weight is 234 g/mol. The number of hydrogen-bond acceptors (Lipinski definition) is 4. The molecule has 2 aromatic rings. The number of carboxylic acids is 1. The van der Waals surface area contributed by atoms with E-state index in [2.05, 4.69) is 15.1 Å². The molecule has 6 nitrogen and oxygen atoms in total. The maximum absolute atomic E-state index is 10.4. The number of fused-ring (bicyclic) bond motifs is 1. The minimum atomic E-state index is -0.793. The second kappa shape index (κ2) is 4.48. The van der Waals surface area contributed by atoms with Crippen LogP contribution in [-0.2, 0) is 11.2 Å². The van der Waals surface area contributed by atoms with E-state index in [1.54, 1.807) is 4.52 Å². The van der Waals surface area contributed by atoms with E-state index < -0.39 is 5.97 Å². The average Bonchev–Trinajstić information content (AvgIpc) is 2.60. The third kappa shape index (κ3) is 2.58. The summed E-state index contributed by atoms with van der Waals surface area (Å²) in [6, 6.07) is 1.93. The van der Waals surface area contributed by atoms with Crippen molar-refractivity contribution in [2.75, 3.05) is 0 Å². The Morgan fingerprint density at radius 3 is 2.88 bits per heavy atom. The van der Waals surface area contributed by atoms with Crippen LogP contribution in [0.3, 0.4) is 0 Å². The van der Waals surface area contributed by atoms with E-state index in [0.717, 1.165) is 11.4 Å². The zero-order valence-corrected chi connectivity index (χ0v) is 9.84. The summed E-state index contributed by atoms with van der Waals surface area (Å²) in [5, 5.41) is 12.9. The van der Waals surface area contributed by atoms with E-state index in [1.807, 2.05) is 19.9 Å². The highest BCUT2D eigenvalue weighted by atomic mass is 16.4. The van der Waals surface area contributed by atoms with Gasteiger partial charge in [-0.15, -0.1) is 5.10 Å².